The normalized spacial score (nSPS) is 8.88. The number of benzene rings is 1. The van der Waals surface area contributed by atoms with E-state index in [2.05, 4.69) is 10.6 Å². The summed E-state index contributed by atoms with van der Waals surface area (Å²) in [6.45, 7) is -0.214. The topological polar surface area (TPSA) is 88.7 Å². The summed E-state index contributed by atoms with van der Waals surface area (Å²) >= 11 is 0. The van der Waals surface area contributed by atoms with Gasteiger partial charge in [-0.2, -0.15) is 10.5 Å². The standard InChI is InChI=1S/C11H9FN4O/c12-9-2-1-3-10(8(9)6-14)16-7-11(17)15-5-4-13/h1-3,16H,5,7H2,(H,15,17). The molecular formula is C11H9FN4O. The highest BCUT2D eigenvalue weighted by Crippen LogP contribution is 2.17. The summed E-state index contributed by atoms with van der Waals surface area (Å²) in [7, 11) is 0. The number of nitrogens with one attached hydrogen (secondary N) is 2. The monoisotopic (exact) mass is 232 g/mol. The molecule has 1 amide bonds. The van der Waals surface area contributed by atoms with Gasteiger partial charge in [0.15, 0.2) is 0 Å². The Balaban J connectivity index is 2.65. The SMILES string of the molecule is N#CCNC(=O)CNc1cccc(F)c1C#N. The number of hydrogen-bond acceptors (Lipinski definition) is 4. The van der Waals surface area contributed by atoms with Gasteiger partial charge >= 0.3 is 0 Å². The molecule has 0 spiro atoms. The Hall–Kier alpha value is -2.60. The smallest absolute Gasteiger partial charge is 0.240 e. The van der Waals surface area contributed by atoms with E-state index < -0.39 is 11.7 Å². The Labute approximate surface area is 97.5 Å². The maximum absolute atomic E-state index is 13.2. The molecule has 0 aliphatic carbocycles. The van der Waals surface area contributed by atoms with Crippen molar-refractivity contribution in [3.63, 3.8) is 0 Å². The number of anilines is 1. The van der Waals surface area contributed by atoms with E-state index >= 15 is 0 Å². The Morgan fingerprint density at radius 1 is 1.41 bits per heavy atom. The van der Waals surface area contributed by atoms with Crippen molar-refractivity contribution in [1.29, 1.82) is 10.5 Å². The summed E-state index contributed by atoms with van der Waals surface area (Å²) < 4.78 is 13.2. The number of carbonyl (C=O) groups is 1. The fourth-order valence-electron chi connectivity index (χ4n) is 1.16. The first-order chi connectivity index (χ1) is 8.19. The maximum Gasteiger partial charge on any atom is 0.240 e. The second-order valence-electron chi connectivity index (χ2n) is 3.06. The zero-order chi connectivity index (χ0) is 12.7. The number of hydrogen-bond donors (Lipinski definition) is 2. The number of halogens is 1. The van der Waals surface area contributed by atoms with Crippen LogP contribution in [0, 0.1) is 28.5 Å². The first-order valence-electron chi connectivity index (χ1n) is 4.75. The summed E-state index contributed by atoms with van der Waals surface area (Å²) in [5, 5.41) is 21.9. The Bertz CT molecular complexity index is 501. The van der Waals surface area contributed by atoms with Gasteiger partial charge in [-0.1, -0.05) is 6.07 Å². The van der Waals surface area contributed by atoms with Crippen molar-refractivity contribution in [2.45, 2.75) is 0 Å². The molecule has 5 nitrogen and oxygen atoms in total. The second-order valence-corrected chi connectivity index (χ2v) is 3.06. The zero-order valence-corrected chi connectivity index (χ0v) is 8.83. The summed E-state index contributed by atoms with van der Waals surface area (Å²) in [6, 6.07) is 7.57. The van der Waals surface area contributed by atoms with Crippen molar-refractivity contribution in [2.24, 2.45) is 0 Å². The van der Waals surface area contributed by atoms with E-state index in [4.69, 9.17) is 10.5 Å². The van der Waals surface area contributed by atoms with Crippen LogP contribution < -0.4 is 10.6 Å². The molecular weight excluding hydrogens is 223 g/mol. The van der Waals surface area contributed by atoms with E-state index in [1.54, 1.807) is 12.1 Å². The number of nitrogens with zero attached hydrogens (tertiary/aromatic N) is 2. The molecule has 17 heavy (non-hydrogen) atoms. The van der Waals surface area contributed by atoms with Gasteiger partial charge in [-0.15, -0.1) is 0 Å². The van der Waals surface area contributed by atoms with Gasteiger partial charge in [-0.25, -0.2) is 4.39 Å². The number of carbonyl (C=O) groups excluding carboxylic acids is 1. The van der Waals surface area contributed by atoms with Gasteiger partial charge in [0.25, 0.3) is 0 Å². The molecule has 0 unspecified atom stereocenters. The summed E-state index contributed by atoms with van der Waals surface area (Å²) in [4.78, 5) is 11.2. The highest BCUT2D eigenvalue weighted by molar-refractivity contribution is 5.81. The molecule has 1 rings (SSSR count). The highest BCUT2D eigenvalue weighted by Gasteiger charge is 2.08. The molecule has 0 atom stereocenters. The molecule has 0 saturated heterocycles. The van der Waals surface area contributed by atoms with Crippen LogP contribution in [0.25, 0.3) is 0 Å². The Kier molecular flexibility index (Phi) is 4.46. The summed E-state index contributed by atoms with van der Waals surface area (Å²) in [5.41, 5.74) is 0.111. The molecule has 0 fully saturated rings. The molecule has 0 bridgehead atoms. The van der Waals surface area contributed by atoms with Gasteiger partial charge in [0.1, 0.15) is 24.0 Å². The minimum Gasteiger partial charge on any atom is -0.375 e. The molecule has 0 radical (unpaired) electrons. The molecule has 0 heterocycles. The van der Waals surface area contributed by atoms with Gasteiger partial charge in [0.05, 0.1) is 18.3 Å². The van der Waals surface area contributed by atoms with E-state index in [0.717, 1.165) is 0 Å². The van der Waals surface area contributed by atoms with Gasteiger partial charge < -0.3 is 10.6 Å². The minimum atomic E-state index is -0.644. The van der Waals surface area contributed by atoms with E-state index in [1.165, 1.54) is 18.2 Å². The van der Waals surface area contributed by atoms with Crippen LogP contribution in [0.5, 0.6) is 0 Å². The second kappa shape index (κ2) is 6.09. The fourth-order valence-corrected chi connectivity index (χ4v) is 1.16. The van der Waals surface area contributed by atoms with Crippen molar-refractivity contribution in [3.05, 3.63) is 29.6 Å². The third kappa shape index (κ3) is 3.47. The fraction of sp³-hybridized carbons (Fsp3) is 0.182. The average molecular weight is 232 g/mol. The molecule has 0 saturated carbocycles. The van der Waals surface area contributed by atoms with Gasteiger partial charge in [0, 0.05) is 0 Å². The van der Waals surface area contributed by atoms with Crippen LogP contribution in [0.2, 0.25) is 0 Å². The van der Waals surface area contributed by atoms with Gasteiger partial charge in [-0.3, -0.25) is 4.79 Å². The first-order valence-corrected chi connectivity index (χ1v) is 4.75. The lowest BCUT2D eigenvalue weighted by Crippen LogP contribution is -2.30. The van der Waals surface area contributed by atoms with Crippen molar-refractivity contribution in [2.75, 3.05) is 18.4 Å². The van der Waals surface area contributed by atoms with Crippen LogP contribution in [0.3, 0.4) is 0 Å². The quantitative estimate of drug-likeness (QED) is 0.749. The lowest BCUT2D eigenvalue weighted by molar-refractivity contribution is -0.119. The number of nitriles is 2. The van der Waals surface area contributed by atoms with Crippen molar-refractivity contribution in [3.8, 4) is 12.1 Å². The van der Waals surface area contributed by atoms with E-state index in [9.17, 15) is 9.18 Å². The van der Waals surface area contributed by atoms with Crippen LogP contribution in [0.4, 0.5) is 10.1 Å². The lowest BCUT2D eigenvalue weighted by atomic mass is 10.2. The van der Waals surface area contributed by atoms with Crippen LogP contribution in [0.15, 0.2) is 18.2 Å². The molecule has 6 heteroatoms. The highest BCUT2D eigenvalue weighted by atomic mass is 19.1. The van der Waals surface area contributed by atoms with Gasteiger partial charge in [-0.05, 0) is 12.1 Å². The van der Waals surface area contributed by atoms with Crippen molar-refractivity contribution in [1.82, 2.24) is 5.32 Å². The Morgan fingerprint density at radius 2 is 2.18 bits per heavy atom. The molecule has 0 aliphatic heterocycles. The third-order valence-corrected chi connectivity index (χ3v) is 1.93. The predicted molar refractivity (Wildman–Crippen MR) is 58.2 cm³/mol. The predicted octanol–water partition coefficient (Wildman–Crippen LogP) is 0.749. The number of amides is 1. The van der Waals surface area contributed by atoms with Gasteiger partial charge in [0.2, 0.25) is 5.91 Å². The van der Waals surface area contributed by atoms with Crippen LogP contribution in [0.1, 0.15) is 5.56 Å². The average Bonchev–Trinajstić information content (AvgIpc) is 2.33. The lowest BCUT2D eigenvalue weighted by Gasteiger charge is -2.07. The zero-order valence-electron chi connectivity index (χ0n) is 8.83. The van der Waals surface area contributed by atoms with E-state index in [-0.39, 0.29) is 24.3 Å². The van der Waals surface area contributed by atoms with Crippen LogP contribution in [-0.4, -0.2) is 19.0 Å². The molecule has 1 aromatic carbocycles. The number of rotatable bonds is 4. The molecule has 0 aromatic heterocycles. The summed E-state index contributed by atoms with van der Waals surface area (Å²) in [5.74, 6) is -1.05. The van der Waals surface area contributed by atoms with Crippen LogP contribution in [-0.2, 0) is 4.79 Å². The first kappa shape index (κ1) is 12.5. The molecule has 2 N–H and O–H groups in total. The van der Waals surface area contributed by atoms with E-state index in [1.807, 2.05) is 0 Å². The van der Waals surface area contributed by atoms with E-state index in [0.29, 0.717) is 0 Å². The summed E-state index contributed by atoms with van der Waals surface area (Å²) in [6.07, 6.45) is 0. The maximum atomic E-state index is 13.2. The Morgan fingerprint density at radius 3 is 2.82 bits per heavy atom. The van der Waals surface area contributed by atoms with Crippen molar-refractivity contribution >= 4 is 11.6 Å². The largest absolute Gasteiger partial charge is 0.375 e. The molecule has 0 aliphatic rings. The van der Waals surface area contributed by atoms with Crippen LogP contribution >= 0.6 is 0 Å². The minimum absolute atomic E-state index is 0.0885. The van der Waals surface area contributed by atoms with Crippen molar-refractivity contribution < 1.29 is 9.18 Å². The third-order valence-electron chi connectivity index (χ3n) is 1.93. The molecule has 86 valence electrons. The molecule has 1 aromatic rings.